The number of hydrogen-bond donors (Lipinski definition) is 4. The molecule has 0 radical (unpaired) electrons. The highest BCUT2D eigenvalue weighted by Crippen LogP contribution is 2.39. The fraction of sp³-hybridized carbons (Fsp3) is 0.0556. The van der Waals surface area contributed by atoms with Crippen molar-refractivity contribution in [1.82, 2.24) is 15.5 Å². The molecule has 4 N–H and O–H groups in total. The Morgan fingerprint density at radius 1 is 1.27 bits per heavy atom. The first-order chi connectivity index (χ1) is 14.3. The summed E-state index contributed by atoms with van der Waals surface area (Å²) < 4.78 is 5.81. The summed E-state index contributed by atoms with van der Waals surface area (Å²) in [5.74, 6) is -0.497. The fourth-order valence-corrected chi connectivity index (χ4v) is 2.99. The molecule has 0 spiro atoms. The number of aryl methyl sites for hydroxylation is 1. The molecule has 1 heterocycles. The van der Waals surface area contributed by atoms with Crippen LogP contribution in [0.1, 0.15) is 5.69 Å². The van der Waals surface area contributed by atoms with E-state index in [0.717, 1.165) is 16.6 Å². The van der Waals surface area contributed by atoms with Crippen molar-refractivity contribution in [2.24, 2.45) is 5.10 Å². The molecule has 0 fully saturated rings. The Labute approximate surface area is 179 Å². The zero-order chi connectivity index (χ0) is 21.8. The second-order valence-electron chi connectivity index (χ2n) is 5.84. The van der Waals surface area contributed by atoms with Gasteiger partial charge in [-0.15, -0.1) is 0 Å². The number of anilines is 1. The molecule has 30 heavy (non-hydrogen) atoms. The number of nitrogens with zero attached hydrogens (tertiary/aromatic N) is 3. The molecule has 0 saturated heterocycles. The van der Waals surface area contributed by atoms with Crippen LogP contribution < -0.4 is 15.5 Å². The summed E-state index contributed by atoms with van der Waals surface area (Å²) in [5, 5.41) is 30.7. The number of H-pyrrole nitrogens is 1. The second kappa shape index (κ2) is 8.69. The van der Waals surface area contributed by atoms with Crippen LogP contribution in [0.25, 0.3) is 10.9 Å². The number of hydrazone groups is 1. The number of rotatable bonds is 5. The number of imide groups is 1. The number of hydrogen-bond acceptors (Lipinski definition) is 7. The maximum Gasteiger partial charge on any atom is 0.411 e. The lowest BCUT2D eigenvalue weighted by Crippen LogP contribution is -2.34. The van der Waals surface area contributed by atoms with Gasteiger partial charge in [-0.2, -0.15) is 15.5 Å². The van der Waals surface area contributed by atoms with E-state index in [1.807, 2.05) is 6.92 Å². The summed E-state index contributed by atoms with van der Waals surface area (Å²) in [7, 11) is 0. The molecule has 0 bridgehead atoms. The second-order valence-corrected chi connectivity index (χ2v) is 6.66. The van der Waals surface area contributed by atoms with Gasteiger partial charge in [0.05, 0.1) is 21.2 Å². The van der Waals surface area contributed by atoms with E-state index >= 15 is 0 Å². The highest BCUT2D eigenvalue weighted by molar-refractivity contribution is 6.46. The summed E-state index contributed by atoms with van der Waals surface area (Å²) in [6.45, 7) is 1.88. The van der Waals surface area contributed by atoms with Crippen LogP contribution in [0.4, 0.5) is 10.5 Å². The molecule has 3 aromatic rings. The first-order valence-corrected chi connectivity index (χ1v) is 8.93. The number of benzene rings is 2. The fourth-order valence-electron chi connectivity index (χ4n) is 2.42. The van der Waals surface area contributed by atoms with E-state index in [4.69, 9.17) is 38.3 Å². The highest BCUT2D eigenvalue weighted by atomic mass is 35.5. The van der Waals surface area contributed by atoms with Crippen molar-refractivity contribution < 1.29 is 19.4 Å². The smallest absolute Gasteiger partial charge is 0.411 e. The Hall–Kier alpha value is -3.81. The molecule has 0 unspecified atom stereocenters. The number of carbonyl (C=O) groups excluding carboxylic acids is 1. The number of aromatic amines is 1. The third-order valence-electron chi connectivity index (χ3n) is 3.77. The lowest BCUT2D eigenvalue weighted by atomic mass is 10.2. The largest absolute Gasteiger partial charge is 0.465 e. The minimum absolute atomic E-state index is 0.137. The highest BCUT2D eigenvalue weighted by Gasteiger charge is 2.15. The molecule has 2 amide bonds. The number of ether oxygens (including phenoxy) is 1. The molecule has 0 aliphatic rings. The van der Waals surface area contributed by atoms with E-state index in [1.165, 1.54) is 23.5 Å². The number of carbonyl (C=O) groups is 2. The topological polar surface area (TPSA) is 152 Å². The average Bonchev–Trinajstić information content (AvgIpc) is 3.05. The molecule has 0 saturated carbocycles. The lowest BCUT2D eigenvalue weighted by Gasteiger charge is -2.11. The van der Waals surface area contributed by atoms with Crippen LogP contribution in [0.5, 0.6) is 11.5 Å². The molecule has 10 nitrogen and oxygen atoms in total. The van der Waals surface area contributed by atoms with E-state index in [9.17, 15) is 9.59 Å². The van der Waals surface area contributed by atoms with Crippen LogP contribution in [-0.4, -0.2) is 33.0 Å². The number of nitrogens with one attached hydrogen (secondary N) is 3. The van der Waals surface area contributed by atoms with Crippen LogP contribution in [0.2, 0.25) is 10.0 Å². The monoisotopic (exact) mass is 446 g/mol. The minimum atomic E-state index is -1.61. The predicted molar refractivity (Wildman–Crippen MR) is 110 cm³/mol. The summed E-state index contributed by atoms with van der Waals surface area (Å²) in [4.78, 5) is 22.0. The Bertz CT molecular complexity index is 1210. The molecule has 0 atom stereocenters. The van der Waals surface area contributed by atoms with Crippen molar-refractivity contribution >= 4 is 57.5 Å². The summed E-state index contributed by atoms with van der Waals surface area (Å²) in [5.41, 5.74) is 3.64. The first-order valence-electron chi connectivity index (χ1n) is 8.18. The van der Waals surface area contributed by atoms with Gasteiger partial charge >= 0.3 is 6.09 Å². The summed E-state index contributed by atoms with van der Waals surface area (Å²) in [6.07, 6.45) is -1.61. The number of aromatic nitrogens is 2. The van der Waals surface area contributed by atoms with Crippen molar-refractivity contribution in [2.75, 3.05) is 5.43 Å². The van der Waals surface area contributed by atoms with Crippen molar-refractivity contribution in [3.63, 3.8) is 0 Å². The van der Waals surface area contributed by atoms with Gasteiger partial charge in [0.25, 0.3) is 5.91 Å². The first kappa shape index (κ1) is 20.9. The number of amides is 2. The number of fused-ring (bicyclic) bond motifs is 1. The Kier molecular flexibility index (Phi) is 6.06. The van der Waals surface area contributed by atoms with E-state index in [0.29, 0.717) is 5.75 Å². The molecule has 0 aliphatic carbocycles. The quantitative estimate of drug-likeness (QED) is 0.340. The Balaban J connectivity index is 1.81. The molecule has 152 valence electrons. The number of halogens is 2. The van der Waals surface area contributed by atoms with Crippen molar-refractivity contribution in [3.8, 4) is 17.6 Å². The van der Waals surface area contributed by atoms with Gasteiger partial charge in [0.2, 0.25) is 5.71 Å². The Morgan fingerprint density at radius 3 is 2.60 bits per heavy atom. The van der Waals surface area contributed by atoms with Crippen LogP contribution in [0.15, 0.2) is 35.4 Å². The zero-order valence-electron chi connectivity index (χ0n) is 15.2. The van der Waals surface area contributed by atoms with Gasteiger partial charge in [-0.05, 0) is 37.3 Å². The average molecular weight is 447 g/mol. The molecule has 1 aromatic heterocycles. The number of carboxylic acid groups (broad SMARTS) is 1. The molecule has 12 heteroatoms. The van der Waals surface area contributed by atoms with E-state index < -0.39 is 17.7 Å². The third-order valence-corrected chi connectivity index (χ3v) is 4.33. The normalized spacial score (nSPS) is 11.1. The van der Waals surface area contributed by atoms with Gasteiger partial charge in [0.15, 0.2) is 5.75 Å². The third kappa shape index (κ3) is 4.60. The molecule has 2 aromatic carbocycles. The SMILES string of the molecule is Cc1[nH]nc2ccc(Oc3c(Cl)cc(NN=C(C#N)C(=O)NC(=O)O)cc3Cl)cc12. The van der Waals surface area contributed by atoms with Crippen molar-refractivity contribution in [2.45, 2.75) is 6.92 Å². The van der Waals surface area contributed by atoms with Gasteiger partial charge < -0.3 is 9.84 Å². The zero-order valence-corrected chi connectivity index (χ0v) is 16.7. The molecular weight excluding hydrogens is 435 g/mol. The van der Waals surface area contributed by atoms with E-state index in [1.54, 1.807) is 18.2 Å². The molecule has 0 aliphatic heterocycles. The van der Waals surface area contributed by atoms with Crippen LogP contribution in [0.3, 0.4) is 0 Å². The van der Waals surface area contributed by atoms with Crippen LogP contribution in [-0.2, 0) is 4.79 Å². The molecule has 3 rings (SSSR count). The van der Waals surface area contributed by atoms with Crippen molar-refractivity contribution in [3.05, 3.63) is 46.1 Å². The summed E-state index contributed by atoms with van der Waals surface area (Å²) >= 11 is 12.5. The van der Waals surface area contributed by atoms with Crippen LogP contribution >= 0.6 is 23.2 Å². The van der Waals surface area contributed by atoms with Gasteiger partial charge in [-0.25, -0.2) is 4.79 Å². The van der Waals surface area contributed by atoms with Crippen LogP contribution in [0, 0.1) is 18.3 Å². The standard InChI is InChI=1S/C18H12Cl2N6O4/c1-8-11-6-10(2-3-14(11)25-23-8)30-16-12(19)4-9(5-13(16)20)24-26-15(7-21)17(27)22-18(28)29/h2-6,24H,1H3,(H,22,27)(H,23,25)(H,28,29). The summed E-state index contributed by atoms with van der Waals surface area (Å²) in [6, 6.07) is 9.60. The lowest BCUT2D eigenvalue weighted by molar-refractivity contribution is -0.114. The van der Waals surface area contributed by atoms with Crippen molar-refractivity contribution in [1.29, 1.82) is 5.26 Å². The van der Waals surface area contributed by atoms with Gasteiger partial charge in [0.1, 0.15) is 11.8 Å². The minimum Gasteiger partial charge on any atom is -0.465 e. The predicted octanol–water partition coefficient (Wildman–Crippen LogP) is 4.06. The van der Waals surface area contributed by atoms with Gasteiger partial charge in [-0.3, -0.25) is 20.6 Å². The van der Waals surface area contributed by atoms with Gasteiger partial charge in [0, 0.05) is 11.1 Å². The van der Waals surface area contributed by atoms with E-state index in [-0.39, 0.29) is 21.5 Å². The maximum absolute atomic E-state index is 11.5. The maximum atomic E-state index is 11.5. The molecular formula is C18H12Cl2N6O4. The van der Waals surface area contributed by atoms with Gasteiger partial charge in [-0.1, -0.05) is 23.2 Å². The number of nitriles is 1. The van der Waals surface area contributed by atoms with E-state index in [2.05, 4.69) is 20.7 Å². The Morgan fingerprint density at radius 2 is 1.97 bits per heavy atom.